The highest BCUT2D eigenvalue weighted by atomic mass is 15.0. The minimum absolute atomic E-state index is 0.881. The lowest BCUT2D eigenvalue weighted by molar-refractivity contribution is 1.09. The third kappa shape index (κ3) is 3.74. The minimum atomic E-state index is 0.881. The third-order valence-corrected chi connectivity index (χ3v) is 1.28. The van der Waals surface area contributed by atoms with Crippen LogP contribution in [0.25, 0.3) is 12.3 Å². The van der Waals surface area contributed by atoms with Crippen LogP contribution in [-0.2, 0) is 0 Å². The molecular weight excluding hydrogens is 160 g/mol. The van der Waals surface area contributed by atoms with Crippen molar-refractivity contribution in [3.63, 3.8) is 0 Å². The monoisotopic (exact) mass is 178 g/mol. The van der Waals surface area contributed by atoms with Gasteiger partial charge in [-0.25, -0.2) is 4.98 Å². The summed E-state index contributed by atoms with van der Waals surface area (Å²) in [6.07, 6.45) is 7.42. The van der Waals surface area contributed by atoms with Crippen molar-refractivity contribution in [2.45, 2.75) is 27.7 Å². The summed E-state index contributed by atoms with van der Waals surface area (Å²) in [6.45, 7) is 11.8. The van der Waals surface area contributed by atoms with E-state index in [1.54, 1.807) is 12.3 Å². The highest BCUT2D eigenvalue weighted by molar-refractivity contribution is 5.43. The van der Waals surface area contributed by atoms with Gasteiger partial charge >= 0.3 is 0 Å². The van der Waals surface area contributed by atoms with E-state index < -0.39 is 0 Å². The molecule has 72 valence electrons. The lowest BCUT2D eigenvalue weighted by Gasteiger charge is -1.96. The van der Waals surface area contributed by atoms with Crippen molar-refractivity contribution in [1.29, 1.82) is 0 Å². The van der Waals surface area contributed by atoms with Gasteiger partial charge in [0.05, 0.1) is 0 Å². The first-order valence-electron chi connectivity index (χ1n) is 4.54. The lowest BCUT2D eigenvalue weighted by atomic mass is 10.4. The van der Waals surface area contributed by atoms with E-state index in [1.807, 2.05) is 44.7 Å². The number of aromatic nitrogens is 2. The quantitative estimate of drug-likeness (QED) is 0.678. The van der Waals surface area contributed by atoms with Gasteiger partial charge in [0.15, 0.2) is 0 Å². The van der Waals surface area contributed by atoms with Gasteiger partial charge in [0.25, 0.3) is 0 Å². The smallest absolute Gasteiger partial charge is 0.136 e. The largest absolute Gasteiger partial charge is 0.307 e. The average Bonchev–Trinajstić information content (AvgIpc) is 2.54. The Kier molecular flexibility index (Phi) is 5.60. The Hall–Kier alpha value is -1.31. The summed E-state index contributed by atoms with van der Waals surface area (Å²) in [6, 6.07) is 0. The van der Waals surface area contributed by atoms with Gasteiger partial charge in [0.2, 0.25) is 0 Å². The molecular formula is C11H18N2. The molecule has 1 rings (SSSR count). The molecule has 1 heterocycles. The molecule has 1 aromatic rings. The van der Waals surface area contributed by atoms with Crippen LogP contribution in [0.2, 0.25) is 0 Å². The standard InChI is InChI=1S/C9H12N2.C2H6/c1-4-9-10-5-6-11(9)7-8(2)3;1-2/h4-7H,1H2,2-3H3;1-2H3. The van der Waals surface area contributed by atoms with E-state index in [0.717, 1.165) is 5.82 Å². The van der Waals surface area contributed by atoms with Gasteiger partial charge in [0, 0.05) is 18.6 Å². The molecule has 0 N–H and O–H groups in total. The fourth-order valence-corrected chi connectivity index (χ4v) is 0.870. The molecule has 0 unspecified atom stereocenters. The summed E-state index contributed by atoms with van der Waals surface area (Å²) >= 11 is 0. The molecule has 0 aliphatic rings. The molecule has 0 amide bonds. The Morgan fingerprint density at radius 2 is 2.08 bits per heavy atom. The van der Waals surface area contributed by atoms with Crippen molar-refractivity contribution in [3.8, 4) is 0 Å². The Labute approximate surface area is 80.6 Å². The van der Waals surface area contributed by atoms with Crippen LogP contribution in [0.5, 0.6) is 0 Å². The van der Waals surface area contributed by atoms with Gasteiger partial charge in [0.1, 0.15) is 5.82 Å². The molecule has 0 saturated carbocycles. The van der Waals surface area contributed by atoms with E-state index in [4.69, 9.17) is 0 Å². The summed E-state index contributed by atoms with van der Waals surface area (Å²) in [7, 11) is 0. The Morgan fingerprint density at radius 1 is 1.46 bits per heavy atom. The van der Waals surface area contributed by atoms with Gasteiger partial charge in [-0.2, -0.15) is 0 Å². The predicted octanol–water partition coefficient (Wildman–Crippen LogP) is 3.43. The minimum Gasteiger partial charge on any atom is -0.307 e. The van der Waals surface area contributed by atoms with Gasteiger partial charge in [-0.1, -0.05) is 26.0 Å². The number of hydrogen-bond acceptors (Lipinski definition) is 1. The predicted molar refractivity (Wildman–Crippen MR) is 59.3 cm³/mol. The van der Waals surface area contributed by atoms with Crippen LogP contribution in [0.3, 0.4) is 0 Å². The highest BCUT2D eigenvalue weighted by Gasteiger charge is 1.92. The SMILES string of the molecule is C=Cc1nccn1C=C(C)C.CC. The summed E-state index contributed by atoms with van der Waals surface area (Å²) in [5, 5.41) is 0. The first-order valence-corrected chi connectivity index (χ1v) is 4.54. The molecule has 13 heavy (non-hydrogen) atoms. The van der Waals surface area contributed by atoms with Crippen LogP contribution in [0.15, 0.2) is 24.5 Å². The molecule has 0 aliphatic heterocycles. The summed E-state index contributed by atoms with van der Waals surface area (Å²) in [5.74, 6) is 0.881. The molecule has 0 bridgehead atoms. The maximum Gasteiger partial charge on any atom is 0.136 e. The Bertz CT molecular complexity index is 278. The zero-order valence-corrected chi connectivity index (χ0v) is 8.91. The first kappa shape index (κ1) is 11.7. The second-order valence-corrected chi connectivity index (χ2v) is 2.60. The number of rotatable bonds is 2. The molecule has 2 heteroatoms. The second kappa shape index (κ2) is 6.23. The second-order valence-electron chi connectivity index (χ2n) is 2.60. The number of nitrogens with zero attached hydrogens (tertiary/aromatic N) is 2. The highest BCUT2D eigenvalue weighted by Crippen LogP contribution is 2.02. The number of allylic oxidation sites excluding steroid dienone is 1. The maximum atomic E-state index is 4.09. The van der Waals surface area contributed by atoms with Crippen LogP contribution in [-0.4, -0.2) is 9.55 Å². The third-order valence-electron chi connectivity index (χ3n) is 1.28. The van der Waals surface area contributed by atoms with E-state index >= 15 is 0 Å². The Balaban J connectivity index is 0.000000671. The fourth-order valence-electron chi connectivity index (χ4n) is 0.870. The van der Waals surface area contributed by atoms with Gasteiger partial charge in [-0.05, 0) is 19.9 Å². The fraction of sp³-hybridized carbons (Fsp3) is 0.364. The van der Waals surface area contributed by atoms with Crippen LogP contribution < -0.4 is 0 Å². The zero-order valence-electron chi connectivity index (χ0n) is 8.91. The zero-order chi connectivity index (χ0) is 10.3. The van der Waals surface area contributed by atoms with Gasteiger partial charge in [-0.3, -0.25) is 0 Å². The Morgan fingerprint density at radius 3 is 2.54 bits per heavy atom. The van der Waals surface area contributed by atoms with Crippen LogP contribution in [0.4, 0.5) is 0 Å². The molecule has 0 radical (unpaired) electrons. The summed E-state index contributed by atoms with van der Waals surface area (Å²) in [4.78, 5) is 4.09. The van der Waals surface area contributed by atoms with Crippen molar-refractivity contribution in [1.82, 2.24) is 9.55 Å². The maximum absolute atomic E-state index is 4.09. The van der Waals surface area contributed by atoms with Crippen molar-refractivity contribution in [3.05, 3.63) is 30.4 Å². The number of hydrogen-bond donors (Lipinski definition) is 0. The van der Waals surface area contributed by atoms with E-state index in [0.29, 0.717) is 0 Å². The molecule has 0 spiro atoms. The van der Waals surface area contributed by atoms with E-state index in [2.05, 4.69) is 11.6 Å². The number of imidazole rings is 1. The first-order chi connectivity index (χ1) is 6.24. The molecule has 0 atom stereocenters. The van der Waals surface area contributed by atoms with Gasteiger partial charge in [-0.15, -0.1) is 0 Å². The van der Waals surface area contributed by atoms with E-state index in [1.165, 1.54) is 5.57 Å². The normalized spacial score (nSPS) is 8.31. The average molecular weight is 178 g/mol. The van der Waals surface area contributed by atoms with Crippen molar-refractivity contribution in [2.75, 3.05) is 0 Å². The van der Waals surface area contributed by atoms with Crippen molar-refractivity contribution in [2.24, 2.45) is 0 Å². The van der Waals surface area contributed by atoms with Crippen LogP contribution in [0, 0.1) is 0 Å². The molecule has 0 aromatic carbocycles. The molecule has 0 fully saturated rings. The molecule has 1 aromatic heterocycles. The topological polar surface area (TPSA) is 17.8 Å². The van der Waals surface area contributed by atoms with Gasteiger partial charge < -0.3 is 4.57 Å². The van der Waals surface area contributed by atoms with Crippen LogP contribution >= 0.6 is 0 Å². The van der Waals surface area contributed by atoms with E-state index in [-0.39, 0.29) is 0 Å². The van der Waals surface area contributed by atoms with Crippen molar-refractivity contribution >= 4 is 12.3 Å². The van der Waals surface area contributed by atoms with E-state index in [9.17, 15) is 0 Å². The lowest BCUT2D eigenvalue weighted by Crippen LogP contribution is -1.88. The molecule has 0 aliphatic carbocycles. The molecule has 0 saturated heterocycles. The van der Waals surface area contributed by atoms with Crippen LogP contribution in [0.1, 0.15) is 33.5 Å². The summed E-state index contributed by atoms with van der Waals surface area (Å²) < 4.78 is 1.95. The van der Waals surface area contributed by atoms with Crippen molar-refractivity contribution < 1.29 is 0 Å². The summed E-state index contributed by atoms with van der Waals surface area (Å²) in [5.41, 5.74) is 1.24. The molecule has 2 nitrogen and oxygen atoms in total.